The Labute approximate surface area is 115 Å². The van der Waals surface area contributed by atoms with Crippen molar-refractivity contribution in [3.63, 3.8) is 0 Å². The lowest BCUT2D eigenvalue weighted by Crippen LogP contribution is -2.26. The molecular weight excluding hydrogens is 333 g/mol. The van der Waals surface area contributed by atoms with Gasteiger partial charge in [0.2, 0.25) is 9.58 Å². The van der Waals surface area contributed by atoms with Crippen LogP contribution in [0.4, 0.5) is 0 Å². The highest BCUT2D eigenvalue weighted by atomic mass is 35.6. The summed E-state index contributed by atoms with van der Waals surface area (Å²) in [6, 6.07) is 0. The number of halogens is 6. The van der Waals surface area contributed by atoms with E-state index in [-0.39, 0.29) is 0 Å². The number of aliphatic carboxylic acids is 1. The molecule has 0 radical (unpaired) electrons. The summed E-state index contributed by atoms with van der Waals surface area (Å²) < 4.78 is -4.49. The summed E-state index contributed by atoms with van der Waals surface area (Å²) in [4.78, 5) is 21.9. The third kappa shape index (κ3) is 6.05. The largest absolute Gasteiger partial charge is 0.478 e. The van der Waals surface area contributed by atoms with Crippen LogP contribution in [0.1, 0.15) is 0 Å². The van der Waals surface area contributed by atoms with Crippen molar-refractivity contribution in [3.8, 4) is 0 Å². The highest BCUT2D eigenvalue weighted by Crippen LogP contribution is 2.34. The number of alkyl halides is 6. The van der Waals surface area contributed by atoms with Gasteiger partial charge >= 0.3 is 5.97 Å². The van der Waals surface area contributed by atoms with Crippen LogP contribution in [0.25, 0.3) is 0 Å². The van der Waals surface area contributed by atoms with E-state index in [9.17, 15) is 9.59 Å². The fourth-order valence-corrected chi connectivity index (χ4v) is 1.17. The number of rotatable bonds is 2. The van der Waals surface area contributed by atoms with Crippen molar-refractivity contribution in [2.45, 2.75) is 7.59 Å². The SMILES string of the molecule is O=C(O)/C(=C/C(Cl)(Cl)Cl)C(=O)C(Cl)(Cl)Cl. The number of hydrogen-bond donors (Lipinski definition) is 1. The Morgan fingerprint density at radius 3 is 1.60 bits per heavy atom. The van der Waals surface area contributed by atoms with Crippen LogP contribution in [0.5, 0.6) is 0 Å². The van der Waals surface area contributed by atoms with Crippen LogP contribution in [-0.4, -0.2) is 24.4 Å². The fourth-order valence-electron chi connectivity index (χ4n) is 0.541. The van der Waals surface area contributed by atoms with Gasteiger partial charge in [0.25, 0.3) is 3.79 Å². The maximum Gasteiger partial charge on any atom is 0.339 e. The Morgan fingerprint density at radius 2 is 1.40 bits per heavy atom. The topological polar surface area (TPSA) is 54.4 Å². The molecule has 0 rings (SSSR count). The van der Waals surface area contributed by atoms with Gasteiger partial charge in [-0.2, -0.15) is 0 Å². The third-order valence-corrected chi connectivity index (χ3v) is 1.88. The summed E-state index contributed by atoms with van der Waals surface area (Å²) in [5, 5.41) is 8.63. The van der Waals surface area contributed by atoms with E-state index in [4.69, 9.17) is 74.7 Å². The Balaban J connectivity index is 5.29. The second-order valence-corrected chi connectivity index (χ2v) is 6.88. The van der Waals surface area contributed by atoms with Crippen LogP contribution in [0.3, 0.4) is 0 Å². The van der Waals surface area contributed by atoms with Crippen LogP contribution in [0.15, 0.2) is 11.6 Å². The molecule has 0 aromatic rings. The van der Waals surface area contributed by atoms with Crippen molar-refractivity contribution < 1.29 is 14.7 Å². The Morgan fingerprint density at radius 1 is 1.00 bits per heavy atom. The minimum absolute atomic E-state index is 0.560. The molecule has 0 saturated carbocycles. The van der Waals surface area contributed by atoms with Gasteiger partial charge < -0.3 is 5.11 Å². The van der Waals surface area contributed by atoms with E-state index in [0.29, 0.717) is 6.08 Å². The smallest absolute Gasteiger partial charge is 0.339 e. The number of carbonyl (C=O) groups excluding carboxylic acids is 1. The minimum atomic E-state index is -2.42. The Kier molecular flexibility index (Phi) is 5.52. The van der Waals surface area contributed by atoms with Crippen LogP contribution in [-0.2, 0) is 9.59 Å². The predicted octanol–water partition coefficient (Wildman–Crippen LogP) is 3.31. The molecule has 15 heavy (non-hydrogen) atoms. The Hall–Kier alpha value is 0.620. The average molecular weight is 335 g/mol. The number of hydrogen-bond acceptors (Lipinski definition) is 2. The number of Topliss-reactive ketones (excluding diaryl/α,β-unsaturated/α-hetero) is 1. The van der Waals surface area contributed by atoms with E-state index in [1.165, 1.54) is 0 Å². The van der Waals surface area contributed by atoms with Crippen molar-refractivity contribution in [1.29, 1.82) is 0 Å². The molecule has 0 aromatic carbocycles. The number of carboxylic acids is 1. The quantitative estimate of drug-likeness (QED) is 0.365. The summed E-state index contributed by atoms with van der Waals surface area (Å²) in [5.74, 6) is -2.94. The zero-order chi connectivity index (χ0) is 12.4. The molecule has 0 heterocycles. The standard InChI is InChI=1S/C6H2Cl6O3/c7-5(8,9)1-2(4(14)15)3(13)6(10,11)12/h1H,(H,14,15)/b2-1+. The van der Waals surface area contributed by atoms with Gasteiger partial charge in [-0.05, 0) is 6.08 Å². The summed E-state index contributed by atoms with van der Waals surface area (Å²) >= 11 is 31.4. The maximum absolute atomic E-state index is 11.3. The van der Waals surface area contributed by atoms with Gasteiger partial charge in [-0.25, -0.2) is 4.79 Å². The minimum Gasteiger partial charge on any atom is -0.478 e. The number of carbonyl (C=O) groups is 2. The summed E-state index contributed by atoms with van der Waals surface area (Å²) in [5.41, 5.74) is -0.907. The summed E-state index contributed by atoms with van der Waals surface area (Å²) in [6.07, 6.45) is 0.560. The molecule has 0 fully saturated rings. The van der Waals surface area contributed by atoms with Crippen molar-refractivity contribution in [3.05, 3.63) is 11.6 Å². The van der Waals surface area contributed by atoms with Crippen LogP contribution in [0, 0.1) is 0 Å². The first kappa shape index (κ1) is 15.6. The molecule has 86 valence electrons. The summed E-state index contributed by atoms with van der Waals surface area (Å²) in [7, 11) is 0. The van der Waals surface area contributed by atoms with Gasteiger partial charge in [-0.15, -0.1) is 0 Å². The summed E-state index contributed by atoms with van der Waals surface area (Å²) in [6.45, 7) is 0. The predicted molar refractivity (Wildman–Crippen MR) is 61.3 cm³/mol. The van der Waals surface area contributed by atoms with Gasteiger partial charge in [-0.1, -0.05) is 69.6 Å². The Bertz CT molecular complexity index is 310. The van der Waals surface area contributed by atoms with Crippen molar-refractivity contribution in [1.82, 2.24) is 0 Å². The first-order valence-electron chi connectivity index (χ1n) is 3.09. The first-order valence-corrected chi connectivity index (χ1v) is 5.36. The number of carboxylic acid groups (broad SMARTS) is 1. The molecule has 3 nitrogen and oxygen atoms in total. The number of allylic oxidation sites excluding steroid dienone is 1. The molecule has 0 aliphatic heterocycles. The van der Waals surface area contributed by atoms with E-state index in [1.54, 1.807) is 0 Å². The molecule has 9 heteroatoms. The lowest BCUT2D eigenvalue weighted by Gasteiger charge is -2.11. The van der Waals surface area contributed by atoms with E-state index < -0.39 is 24.9 Å². The van der Waals surface area contributed by atoms with Gasteiger partial charge in [0, 0.05) is 0 Å². The third-order valence-electron chi connectivity index (χ3n) is 1.04. The van der Waals surface area contributed by atoms with Gasteiger partial charge in [0.05, 0.1) is 0 Å². The van der Waals surface area contributed by atoms with Gasteiger partial charge in [0.15, 0.2) is 0 Å². The first-order chi connectivity index (χ1) is 6.45. The molecule has 0 bridgehead atoms. The van der Waals surface area contributed by atoms with E-state index in [2.05, 4.69) is 0 Å². The molecule has 0 spiro atoms. The molecule has 0 aliphatic rings. The molecule has 0 aromatic heterocycles. The normalized spacial score (nSPS) is 13.9. The highest BCUT2D eigenvalue weighted by molar-refractivity contribution is 6.78. The van der Waals surface area contributed by atoms with Crippen molar-refractivity contribution in [2.75, 3.05) is 0 Å². The van der Waals surface area contributed by atoms with Gasteiger partial charge in [-0.3, -0.25) is 4.79 Å². The van der Waals surface area contributed by atoms with E-state index in [0.717, 1.165) is 0 Å². The van der Waals surface area contributed by atoms with Crippen molar-refractivity contribution >= 4 is 81.4 Å². The zero-order valence-corrected chi connectivity index (χ0v) is 11.1. The highest BCUT2D eigenvalue weighted by Gasteiger charge is 2.37. The van der Waals surface area contributed by atoms with E-state index in [1.807, 2.05) is 0 Å². The average Bonchev–Trinajstić information content (AvgIpc) is 1.94. The second-order valence-electron chi connectivity index (χ2n) is 2.23. The molecule has 1 N–H and O–H groups in total. The van der Waals surface area contributed by atoms with Crippen LogP contribution < -0.4 is 0 Å². The second kappa shape index (κ2) is 5.30. The van der Waals surface area contributed by atoms with Gasteiger partial charge in [0.1, 0.15) is 5.57 Å². The van der Waals surface area contributed by atoms with Crippen molar-refractivity contribution in [2.24, 2.45) is 0 Å². The molecular formula is C6H2Cl6O3. The molecule has 0 unspecified atom stereocenters. The molecule has 0 aliphatic carbocycles. The lowest BCUT2D eigenvalue weighted by atomic mass is 10.2. The molecule has 0 saturated heterocycles. The van der Waals surface area contributed by atoms with Crippen LogP contribution in [0.2, 0.25) is 0 Å². The monoisotopic (exact) mass is 332 g/mol. The number of ketones is 1. The van der Waals surface area contributed by atoms with Crippen LogP contribution >= 0.6 is 69.6 Å². The maximum atomic E-state index is 11.3. The molecule has 0 atom stereocenters. The zero-order valence-electron chi connectivity index (χ0n) is 6.61. The van der Waals surface area contributed by atoms with E-state index >= 15 is 0 Å². The lowest BCUT2D eigenvalue weighted by molar-refractivity contribution is -0.134. The molecule has 0 amide bonds. The fraction of sp³-hybridized carbons (Fsp3) is 0.333.